The van der Waals surface area contributed by atoms with Crippen molar-refractivity contribution in [2.24, 2.45) is 0 Å². The van der Waals surface area contributed by atoms with Gasteiger partial charge in [0.1, 0.15) is 5.75 Å². The van der Waals surface area contributed by atoms with Crippen molar-refractivity contribution in [2.45, 2.75) is 24.3 Å². The zero-order valence-corrected chi connectivity index (χ0v) is 17.0. The van der Waals surface area contributed by atoms with Gasteiger partial charge in [-0.3, -0.25) is 0 Å². The van der Waals surface area contributed by atoms with Gasteiger partial charge in [-0.15, -0.1) is 0 Å². The first-order chi connectivity index (χ1) is 12.0. The van der Waals surface area contributed by atoms with Crippen molar-refractivity contribution < 1.29 is 13.2 Å². The van der Waals surface area contributed by atoms with Crippen LogP contribution in [0.2, 0.25) is 0 Å². The molecule has 0 aromatic heterocycles. The number of benzene rings is 2. The third kappa shape index (κ3) is 4.45. The molecule has 0 spiro atoms. The second-order valence-electron chi connectivity index (χ2n) is 5.98. The molecular formula is C18H21IN2O3S. The normalized spacial score (nSPS) is 14.7. The molecule has 1 heterocycles. The minimum Gasteiger partial charge on any atom is -0.496 e. The van der Waals surface area contributed by atoms with Gasteiger partial charge in [0.05, 0.1) is 15.6 Å². The minimum absolute atomic E-state index is 0.242. The summed E-state index contributed by atoms with van der Waals surface area (Å²) < 4.78 is 33.5. The van der Waals surface area contributed by atoms with E-state index in [0.717, 1.165) is 22.2 Å². The fraction of sp³-hybridized carbons (Fsp3) is 0.333. The van der Waals surface area contributed by atoms with E-state index in [2.05, 4.69) is 44.3 Å². The summed E-state index contributed by atoms with van der Waals surface area (Å²) in [6.07, 6.45) is 2.48. The molecule has 1 aliphatic heterocycles. The Morgan fingerprint density at radius 3 is 2.40 bits per heavy atom. The number of halogens is 1. The summed E-state index contributed by atoms with van der Waals surface area (Å²) in [5.74, 6) is 0.664. The highest BCUT2D eigenvalue weighted by Crippen LogP contribution is 2.24. The fourth-order valence-corrected chi connectivity index (χ4v) is 4.87. The quantitative estimate of drug-likeness (QED) is 0.656. The lowest BCUT2D eigenvalue weighted by atomic mass is 10.2. The lowest BCUT2D eigenvalue weighted by molar-refractivity contribution is 0.411. The Morgan fingerprint density at radius 2 is 1.80 bits per heavy atom. The number of methoxy groups -OCH3 is 1. The third-order valence-electron chi connectivity index (χ3n) is 4.31. The molecule has 0 unspecified atom stereocenters. The third-order valence-corrected chi connectivity index (χ3v) is 6.55. The highest BCUT2D eigenvalue weighted by atomic mass is 127. The van der Waals surface area contributed by atoms with Crippen molar-refractivity contribution in [1.29, 1.82) is 0 Å². The standard InChI is InChI=1S/C18H21IN2O3S/c1-24-18-9-8-16(12-17(18)19)25(22,23)20-13-14-4-6-15(7-5-14)21-10-2-3-11-21/h4-9,12,20H,2-3,10-11,13H2,1H3. The van der Waals surface area contributed by atoms with Gasteiger partial charge in [0.2, 0.25) is 10.0 Å². The highest BCUT2D eigenvalue weighted by molar-refractivity contribution is 14.1. The summed E-state index contributed by atoms with van der Waals surface area (Å²) in [7, 11) is -1.99. The van der Waals surface area contributed by atoms with Crippen LogP contribution in [0.5, 0.6) is 5.75 Å². The molecule has 2 aromatic rings. The van der Waals surface area contributed by atoms with Crippen molar-refractivity contribution in [3.8, 4) is 5.75 Å². The van der Waals surface area contributed by atoms with Crippen LogP contribution in [0.4, 0.5) is 5.69 Å². The van der Waals surface area contributed by atoms with Gasteiger partial charge >= 0.3 is 0 Å². The smallest absolute Gasteiger partial charge is 0.240 e. The van der Waals surface area contributed by atoms with E-state index in [1.165, 1.54) is 18.5 Å². The van der Waals surface area contributed by atoms with E-state index >= 15 is 0 Å². The molecule has 1 saturated heterocycles. The average Bonchev–Trinajstić information content (AvgIpc) is 3.15. The Balaban J connectivity index is 1.66. The van der Waals surface area contributed by atoms with E-state index in [9.17, 15) is 8.42 Å². The first-order valence-corrected chi connectivity index (χ1v) is 10.7. The Bertz CT molecular complexity index is 832. The van der Waals surface area contributed by atoms with Crippen molar-refractivity contribution in [1.82, 2.24) is 4.72 Å². The second kappa shape index (κ2) is 7.92. The summed E-state index contributed by atoms with van der Waals surface area (Å²) in [5.41, 5.74) is 2.14. The monoisotopic (exact) mass is 472 g/mol. The van der Waals surface area contributed by atoms with Gasteiger partial charge in [0, 0.05) is 25.3 Å². The molecule has 0 amide bonds. The van der Waals surface area contributed by atoms with E-state index < -0.39 is 10.0 Å². The van der Waals surface area contributed by atoms with Crippen molar-refractivity contribution in [2.75, 3.05) is 25.1 Å². The van der Waals surface area contributed by atoms with E-state index in [0.29, 0.717) is 5.75 Å². The van der Waals surface area contributed by atoms with E-state index in [1.807, 2.05) is 12.1 Å². The Labute approximate surface area is 162 Å². The molecule has 134 valence electrons. The average molecular weight is 472 g/mol. The summed E-state index contributed by atoms with van der Waals surface area (Å²) >= 11 is 2.07. The predicted octanol–water partition coefficient (Wildman–Crippen LogP) is 3.38. The van der Waals surface area contributed by atoms with Crippen LogP contribution in [-0.4, -0.2) is 28.6 Å². The minimum atomic E-state index is -3.55. The van der Waals surface area contributed by atoms with Crippen LogP contribution in [0.1, 0.15) is 18.4 Å². The highest BCUT2D eigenvalue weighted by Gasteiger charge is 2.16. The van der Waals surface area contributed by atoms with Gasteiger partial charge in [-0.25, -0.2) is 13.1 Å². The number of hydrogen-bond acceptors (Lipinski definition) is 4. The Hall–Kier alpha value is -1.32. The molecule has 2 aromatic carbocycles. The molecule has 5 nitrogen and oxygen atoms in total. The summed E-state index contributed by atoms with van der Waals surface area (Å²) in [6.45, 7) is 2.47. The van der Waals surface area contributed by atoms with E-state index in [-0.39, 0.29) is 11.4 Å². The fourth-order valence-electron chi connectivity index (χ4n) is 2.88. The van der Waals surface area contributed by atoms with Gasteiger partial charge < -0.3 is 9.64 Å². The molecule has 1 aliphatic rings. The van der Waals surface area contributed by atoms with Crippen molar-refractivity contribution in [3.05, 3.63) is 51.6 Å². The first-order valence-electron chi connectivity index (χ1n) is 8.17. The van der Waals surface area contributed by atoms with Crippen molar-refractivity contribution in [3.63, 3.8) is 0 Å². The maximum Gasteiger partial charge on any atom is 0.240 e. The van der Waals surface area contributed by atoms with Gasteiger partial charge in [0.15, 0.2) is 0 Å². The Kier molecular flexibility index (Phi) is 5.85. The van der Waals surface area contributed by atoms with Crippen LogP contribution in [-0.2, 0) is 16.6 Å². The molecule has 0 saturated carbocycles. The first kappa shape index (κ1) is 18.5. The molecule has 0 radical (unpaired) electrons. The summed E-state index contributed by atoms with van der Waals surface area (Å²) in [4.78, 5) is 2.60. The molecule has 25 heavy (non-hydrogen) atoms. The van der Waals surface area contributed by atoms with Crippen LogP contribution in [0.3, 0.4) is 0 Å². The topological polar surface area (TPSA) is 58.6 Å². The lowest BCUT2D eigenvalue weighted by Crippen LogP contribution is -2.23. The maximum absolute atomic E-state index is 12.5. The number of nitrogens with one attached hydrogen (secondary N) is 1. The summed E-state index contributed by atoms with van der Waals surface area (Å²) in [5, 5.41) is 0. The number of sulfonamides is 1. The van der Waals surface area contributed by atoms with Crippen LogP contribution >= 0.6 is 22.6 Å². The predicted molar refractivity (Wildman–Crippen MR) is 108 cm³/mol. The van der Waals surface area contributed by atoms with Gasteiger partial charge in [0.25, 0.3) is 0 Å². The molecule has 3 rings (SSSR count). The van der Waals surface area contributed by atoms with Crippen LogP contribution in [0, 0.1) is 3.57 Å². The number of anilines is 1. The van der Waals surface area contributed by atoms with Crippen LogP contribution < -0.4 is 14.4 Å². The molecule has 1 fully saturated rings. The lowest BCUT2D eigenvalue weighted by Gasteiger charge is -2.17. The largest absolute Gasteiger partial charge is 0.496 e. The maximum atomic E-state index is 12.5. The Morgan fingerprint density at radius 1 is 1.12 bits per heavy atom. The molecular weight excluding hydrogens is 451 g/mol. The van der Waals surface area contributed by atoms with Crippen LogP contribution in [0.25, 0.3) is 0 Å². The van der Waals surface area contributed by atoms with Crippen molar-refractivity contribution >= 4 is 38.3 Å². The number of nitrogens with zero attached hydrogens (tertiary/aromatic N) is 1. The van der Waals surface area contributed by atoms with E-state index in [1.54, 1.807) is 25.3 Å². The molecule has 0 atom stereocenters. The van der Waals surface area contributed by atoms with Gasteiger partial charge in [-0.2, -0.15) is 0 Å². The summed E-state index contributed by atoms with van der Waals surface area (Å²) in [6, 6.07) is 12.9. The second-order valence-corrected chi connectivity index (χ2v) is 8.91. The molecule has 0 bridgehead atoms. The SMILES string of the molecule is COc1ccc(S(=O)(=O)NCc2ccc(N3CCCC3)cc2)cc1I. The van der Waals surface area contributed by atoms with E-state index in [4.69, 9.17) is 4.74 Å². The number of hydrogen-bond donors (Lipinski definition) is 1. The van der Waals surface area contributed by atoms with Gasteiger partial charge in [-0.05, 0) is 71.3 Å². The zero-order valence-electron chi connectivity index (χ0n) is 14.0. The van der Waals surface area contributed by atoms with Crippen LogP contribution in [0.15, 0.2) is 47.4 Å². The van der Waals surface area contributed by atoms with Gasteiger partial charge in [-0.1, -0.05) is 12.1 Å². The molecule has 1 N–H and O–H groups in total. The molecule has 0 aliphatic carbocycles. The zero-order chi connectivity index (χ0) is 17.9. The molecule has 7 heteroatoms. The number of rotatable bonds is 6. The number of ether oxygens (including phenoxy) is 1.